The summed E-state index contributed by atoms with van der Waals surface area (Å²) in [6.45, 7) is 2.70. The second-order valence-corrected chi connectivity index (χ2v) is 10.3. The fourth-order valence-electron chi connectivity index (χ4n) is 3.86. The summed E-state index contributed by atoms with van der Waals surface area (Å²) in [5, 5.41) is 0.357. The van der Waals surface area contributed by atoms with Crippen LogP contribution in [0.25, 0.3) is 0 Å². The summed E-state index contributed by atoms with van der Waals surface area (Å²) in [4.78, 5) is 3.93. The van der Waals surface area contributed by atoms with Gasteiger partial charge >= 0.3 is 0 Å². The molecule has 0 aliphatic heterocycles. The van der Waals surface area contributed by atoms with Crippen molar-refractivity contribution in [2.45, 2.75) is 30.8 Å². The minimum atomic E-state index is -4.28. The molecule has 36 heavy (non-hydrogen) atoms. The number of nitrogens with zero attached hydrogens (tertiary/aromatic N) is 3. The van der Waals surface area contributed by atoms with Crippen LogP contribution in [0.3, 0.4) is 0 Å². The average Bonchev–Trinajstić information content (AvgIpc) is 3.37. The van der Waals surface area contributed by atoms with Crippen LogP contribution in [0.2, 0.25) is 5.02 Å². The van der Waals surface area contributed by atoms with Gasteiger partial charge in [-0.3, -0.25) is 4.31 Å². The van der Waals surface area contributed by atoms with Crippen molar-refractivity contribution in [2.75, 3.05) is 10.9 Å². The smallest absolute Gasteiger partial charge is 0.264 e. The molecule has 0 N–H and O–H groups in total. The molecule has 0 aliphatic rings. The van der Waals surface area contributed by atoms with Crippen molar-refractivity contribution in [3.63, 3.8) is 0 Å². The predicted molar refractivity (Wildman–Crippen MR) is 135 cm³/mol. The van der Waals surface area contributed by atoms with E-state index in [1.807, 2.05) is 10.8 Å². The van der Waals surface area contributed by atoms with Gasteiger partial charge in [-0.2, -0.15) is 0 Å². The lowest BCUT2D eigenvalue weighted by Crippen LogP contribution is -2.34. The lowest BCUT2D eigenvalue weighted by atomic mass is 10.1. The molecule has 1 aromatic heterocycles. The Morgan fingerprint density at radius 1 is 1.08 bits per heavy atom. The second kappa shape index (κ2) is 11.1. The third-order valence-corrected chi connectivity index (χ3v) is 7.77. The van der Waals surface area contributed by atoms with Gasteiger partial charge in [0.1, 0.15) is 17.4 Å². The van der Waals surface area contributed by atoms with Crippen LogP contribution in [-0.4, -0.2) is 24.6 Å². The molecule has 0 bridgehead atoms. The Morgan fingerprint density at radius 2 is 1.83 bits per heavy atom. The van der Waals surface area contributed by atoms with Crippen LogP contribution >= 0.6 is 11.6 Å². The van der Waals surface area contributed by atoms with Gasteiger partial charge in [-0.25, -0.2) is 22.2 Å². The summed E-state index contributed by atoms with van der Waals surface area (Å²) in [5.41, 5.74) is 0.246. The van der Waals surface area contributed by atoms with Gasteiger partial charge in [0, 0.05) is 35.6 Å². The largest absolute Gasteiger partial charge is 0.493 e. The lowest BCUT2D eigenvalue weighted by molar-refractivity contribution is 0.297. The van der Waals surface area contributed by atoms with Crippen molar-refractivity contribution in [3.05, 3.63) is 108 Å². The van der Waals surface area contributed by atoms with E-state index in [0.717, 1.165) is 16.4 Å². The first-order valence-electron chi connectivity index (χ1n) is 11.2. The number of hydrogen-bond acceptors (Lipinski definition) is 4. The Morgan fingerprint density at radius 3 is 2.53 bits per heavy atom. The molecular weight excluding hydrogens is 508 g/mol. The molecule has 0 radical (unpaired) electrons. The van der Waals surface area contributed by atoms with Gasteiger partial charge in [-0.1, -0.05) is 29.8 Å². The van der Waals surface area contributed by atoms with Crippen LogP contribution in [0, 0.1) is 11.6 Å². The molecule has 0 spiro atoms. The molecule has 1 heterocycles. The van der Waals surface area contributed by atoms with E-state index in [1.165, 1.54) is 24.3 Å². The quantitative estimate of drug-likeness (QED) is 0.227. The highest BCUT2D eigenvalue weighted by atomic mass is 35.5. The SMILES string of the molecule is CC(c1ccccc1OCCCn1ccnc1)N(c1ccc(F)cc1F)S(=O)(=O)c1ccc(Cl)cc1. The molecule has 188 valence electrons. The van der Waals surface area contributed by atoms with Crippen LogP contribution in [0.1, 0.15) is 24.9 Å². The first-order chi connectivity index (χ1) is 17.3. The van der Waals surface area contributed by atoms with E-state index in [1.54, 1.807) is 43.7 Å². The molecule has 0 saturated carbocycles. The number of anilines is 1. The van der Waals surface area contributed by atoms with Crippen molar-refractivity contribution in [2.24, 2.45) is 0 Å². The molecule has 0 amide bonds. The Hall–Kier alpha value is -3.43. The number of para-hydroxylation sites is 1. The minimum Gasteiger partial charge on any atom is -0.493 e. The molecule has 4 aromatic rings. The van der Waals surface area contributed by atoms with E-state index in [2.05, 4.69) is 4.98 Å². The summed E-state index contributed by atoms with van der Waals surface area (Å²) in [7, 11) is -4.28. The first kappa shape index (κ1) is 25.7. The van der Waals surface area contributed by atoms with Gasteiger partial charge in [0.25, 0.3) is 10.0 Å². The summed E-state index contributed by atoms with van der Waals surface area (Å²) >= 11 is 5.94. The summed E-state index contributed by atoms with van der Waals surface area (Å²) < 4.78 is 65.1. The van der Waals surface area contributed by atoms with Gasteiger partial charge in [-0.05, 0) is 55.8 Å². The number of sulfonamides is 1. The number of rotatable bonds is 10. The maximum absolute atomic E-state index is 15.0. The topological polar surface area (TPSA) is 64.4 Å². The van der Waals surface area contributed by atoms with E-state index in [4.69, 9.17) is 16.3 Å². The molecule has 0 fully saturated rings. The number of halogens is 3. The zero-order valence-electron chi connectivity index (χ0n) is 19.4. The molecule has 4 rings (SSSR count). The number of aryl methyl sites for hydroxylation is 1. The van der Waals surface area contributed by atoms with Crippen LogP contribution < -0.4 is 9.04 Å². The van der Waals surface area contributed by atoms with Crippen molar-refractivity contribution in [3.8, 4) is 5.75 Å². The highest BCUT2D eigenvalue weighted by Gasteiger charge is 2.33. The highest BCUT2D eigenvalue weighted by molar-refractivity contribution is 7.92. The van der Waals surface area contributed by atoms with Crippen molar-refractivity contribution >= 4 is 27.3 Å². The molecule has 1 unspecified atom stereocenters. The highest BCUT2D eigenvalue weighted by Crippen LogP contribution is 2.38. The third kappa shape index (κ3) is 5.68. The van der Waals surface area contributed by atoms with Gasteiger partial charge in [-0.15, -0.1) is 0 Å². The number of benzene rings is 3. The van der Waals surface area contributed by atoms with Crippen LogP contribution in [0.4, 0.5) is 14.5 Å². The van der Waals surface area contributed by atoms with Gasteiger partial charge in [0.05, 0.1) is 29.6 Å². The number of hydrogen-bond donors (Lipinski definition) is 0. The molecule has 10 heteroatoms. The van der Waals surface area contributed by atoms with Crippen molar-refractivity contribution in [1.29, 1.82) is 0 Å². The maximum Gasteiger partial charge on any atom is 0.264 e. The standard InChI is InChI=1S/C26H24ClF2N3O3S/c1-19(23-5-2-3-6-26(23)35-16-4-14-31-15-13-30-18-31)32(25-12-9-21(28)17-24(25)29)36(33,34)22-10-7-20(27)8-11-22/h2-3,5-13,15,17-19H,4,14,16H2,1H3. The predicted octanol–water partition coefficient (Wildman–Crippen LogP) is 6.24. The zero-order chi connectivity index (χ0) is 25.7. The Kier molecular flexibility index (Phi) is 7.91. The van der Waals surface area contributed by atoms with Gasteiger partial charge in [0.2, 0.25) is 0 Å². The Bertz CT molecular complexity index is 1410. The van der Waals surface area contributed by atoms with Crippen molar-refractivity contribution in [1.82, 2.24) is 9.55 Å². The lowest BCUT2D eigenvalue weighted by Gasteiger charge is -2.32. The van der Waals surface area contributed by atoms with E-state index in [0.29, 0.717) is 42.0 Å². The van der Waals surface area contributed by atoms with Crippen LogP contribution in [0.5, 0.6) is 5.75 Å². The molecule has 3 aromatic carbocycles. The number of ether oxygens (including phenoxy) is 1. The molecular formula is C26H24ClF2N3O3S. The number of imidazole rings is 1. The van der Waals surface area contributed by atoms with Crippen LogP contribution in [0.15, 0.2) is 90.3 Å². The average molecular weight is 532 g/mol. The summed E-state index contributed by atoms with van der Waals surface area (Å²) in [6.07, 6.45) is 5.96. The molecule has 0 saturated heterocycles. The zero-order valence-corrected chi connectivity index (χ0v) is 21.0. The second-order valence-electron chi connectivity index (χ2n) is 8.07. The van der Waals surface area contributed by atoms with E-state index >= 15 is 0 Å². The fourth-order valence-corrected chi connectivity index (χ4v) is 5.63. The Labute approximate surface area is 213 Å². The fraction of sp³-hybridized carbons (Fsp3) is 0.192. The van der Waals surface area contributed by atoms with Gasteiger partial charge < -0.3 is 9.30 Å². The molecule has 6 nitrogen and oxygen atoms in total. The van der Waals surface area contributed by atoms with E-state index in [-0.39, 0.29) is 10.6 Å². The Balaban J connectivity index is 1.69. The first-order valence-corrected chi connectivity index (χ1v) is 13.0. The minimum absolute atomic E-state index is 0.0822. The third-order valence-electron chi connectivity index (χ3n) is 5.62. The molecule has 0 aliphatic carbocycles. The maximum atomic E-state index is 15.0. The monoisotopic (exact) mass is 531 g/mol. The molecule has 1 atom stereocenters. The van der Waals surface area contributed by atoms with Crippen LogP contribution in [-0.2, 0) is 16.6 Å². The number of aromatic nitrogens is 2. The van der Waals surface area contributed by atoms with Crippen molar-refractivity contribution < 1.29 is 21.9 Å². The summed E-state index contributed by atoms with van der Waals surface area (Å²) in [5.74, 6) is -1.35. The van der Waals surface area contributed by atoms with E-state index < -0.39 is 27.7 Å². The van der Waals surface area contributed by atoms with Gasteiger partial charge in [0.15, 0.2) is 0 Å². The summed E-state index contributed by atoms with van der Waals surface area (Å²) in [6, 6.07) is 14.5. The normalized spacial score (nSPS) is 12.3. The van der Waals surface area contributed by atoms with E-state index in [9.17, 15) is 17.2 Å².